The van der Waals surface area contributed by atoms with E-state index in [9.17, 15) is 17.6 Å². The molecule has 0 saturated carbocycles. The van der Waals surface area contributed by atoms with Crippen molar-refractivity contribution >= 4 is 27.3 Å². The van der Waals surface area contributed by atoms with E-state index in [0.717, 1.165) is 15.6 Å². The molecule has 0 radical (unpaired) electrons. The Morgan fingerprint density at radius 2 is 1.91 bits per heavy atom. The van der Waals surface area contributed by atoms with E-state index in [1.54, 1.807) is 0 Å². The van der Waals surface area contributed by atoms with Gasteiger partial charge in [-0.1, -0.05) is 12.1 Å². The van der Waals surface area contributed by atoms with E-state index in [-0.39, 0.29) is 22.1 Å². The Labute approximate surface area is 132 Å². The Bertz CT molecular complexity index is 768. The predicted molar refractivity (Wildman–Crippen MR) is 80.7 cm³/mol. The number of carbonyl (C=O) groups is 1. The first-order valence-electron chi connectivity index (χ1n) is 6.23. The summed E-state index contributed by atoms with van der Waals surface area (Å²) >= 11 is 1.00. The normalized spacial score (nSPS) is 11.6. The summed E-state index contributed by atoms with van der Waals surface area (Å²) < 4.78 is 43.7. The first-order valence-corrected chi connectivity index (χ1v) is 8.55. The highest BCUT2D eigenvalue weighted by molar-refractivity contribution is 7.89. The number of sulfonamides is 1. The molecule has 2 aromatic rings. The molecule has 0 aliphatic carbocycles. The molecule has 0 bridgehead atoms. The molecule has 0 fully saturated rings. The average Bonchev–Trinajstić information content (AvgIpc) is 2.99. The Balaban J connectivity index is 2.28. The number of carbonyl (C=O) groups excluding carboxylic acids is 1. The lowest BCUT2D eigenvalue weighted by Gasteiger charge is -2.17. The van der Waals surface area contributed by atoms with Gasteiger partial charge in [0.2, 0.25) is 10.0 Å². The fraction of sp³-hybridized carbons (Fsp3) is 0.214. The van der Waals surface area contributed by atoms with E-state index in [0.29, 0.717) is 5.56 Å². The zero-order chi connectivity index (χ0) is 16.3. The summed E-state index contributed by atoms with van der Waals surface area (Å²) in [5, 5.41) is 1.52. The minimum absolute atomic E-state index is 0.0356. The predicted octanol–water partition coefficient (Wildman–Crippen LogP) is 2.49. The second-order valence-electron chi connectivity index (χ2n) is 4.49. The van der Waals surface area contributed by atoms with Crippen molar-refractivity contribution in [3.05, 3.63) is 52.0 Å². The van der Waals surface area contributed by atoms with Gasteiger partial charge in [0.1, 0.15) is 15.6 Å². The molecule has 0 amide bonds. The molecule has 0 spiro atoms. The summed E-state index contributed by atoms with van der Waals surface area (Å²) in [5.41, 5.74) is 0.641. The number of hydrogen-bond acceptors (Lipinski definition) is 5. The quantitative estimate of drug-likeness (QED) is 0.783. The van der Waals surface area contributed by atoms with Gasteiger partial charge in [-0.05, 0) is 29.1 Å². The van der Waals surface area contributed by atoms with Gasteiger partial charge in [-0.2, -0.15) is 4.31 Å². The highest BCUT2D eigenvalue weighted by Crippen LogP contribution is 2.26. The topological polar surface area (TPSA) is 63.7 Å². The van der Waals surface area contributed by atoms with E-state index < -0.39 is 16.0 Å². The smallest absolute Gasteiger partial charge is 0.349 e. The maximum Gasteiger partial charge on any atom is 0.349 e. The number of halogens is 1. The van der Waals surface area contributed by atoms with Crippen LogP contribution in [0.2, 0.25) is 0 Å². The van der Waals surface area contributed by atoms with Crippen LogP contribution in [0.5, 0.6) is 0 Å². The Morgan fingerprint density at radius 3 is 2.50 bits per heavy atom. The molecule has 8 heteroatoms. The Hall–Kier alpha value is -1.77. The van der Waals surface area contributed by atoms with Gasteiger partial charge in [-0.25, -0.2) is 17.6 Å². The maximum atomic E-state index is 12.9. The van der Waals surface area contributed by atoms with Crippen LogP contribution in [0.15, 0.2) is 40.6 Å². The molecule has 0 unspecified atom stereocenters. The molecule has 0 saturated heterocycles. The Kier molecular flexibility index (Phi) is 4.94. The molecule has 1 aromatic carbocycles. The molecular formula is C14H14FNO4S2. The first kappa shape index (κ1) is 16.6. The fourth-order valence-electron chi connectivity index (χ4n) is 1.84. The van der Waals surface area contributed by atoms with Gasteiger partial charge < -0.3 is 4.74 Å². The van der Waals surface area contributed by atoms with Gasteiger partial charge in [0.15, 0.2) is 0 Å². The zero-order valence-electron chi connectivity index (χ0n) is 11.9. The van der Waals surface area contributed by atoms with Gasteiger partial charge in [0, 0.05) is 13.6 Å². The lowest BCUT2D eigenvalue weighted by atomic mass is 10.2. The molecule has 1 aromatic heterocycles. The number of esters is 1. The first-order chi connectivity index (χ1) is 10.4. The van der Waals surface area contributed by atoms with Gasteiger partial charge in [0.05, 0.1) is 7.11 Å². The molecular weight excluding hydrogens is 329 g/mol. The summed E-state index contributed by atoms with van der Waals surface area (Å²) in [6.07, 6.45) is 0. The van der Waals surface area contributed by atoms with E-state index >= 15 is 0 Å². The van der Waals surface area contributed by atoms with Crippen LogP contribution in [0.3, 0.4) is 0 Å². The number of thiophene rings is 1. The largest absolute Gasteiger partial charge is 0.465 e. The molecule has 22 heavy (non-hydrogen) atoms. The van der Waals surface area contributed by atoms with Crippen molar-refractivity contribution in [3.63, 3.8) is 0 Å². The summed E-state index contributed by atoms with van der Waals surface area (Å²) in [6.45, 7) is 0.0685. The molecule has 5 nitrogen and oxygen atoms in total. The molecule has 0 aliphatic rings. The van der Waals surface area contributed by atoms with Crippen LogP contribution in [-0.4, -0.2) is 32.8 Å². The average molecular weight is 343 g/mol. The van der Waals surface area contributed by atoms with Crippen LogP contribution in [0, 0.1) is 5.82 Å². The van der Waals surface area contributed by atoms with Crippen LogP contribution in [0.25, 0.3) is 0 Å². The van der Waals surface area contributed by atoms with Crippen LogP contribution in [0.4, 0.5) is 4.39 Å². The number of ether oxygens (including phenoxy) is 1. The number of methoxy groups -OCH3 is 1. The fourth-order valence-corrected chi connectivity index (χ4v) is 4.30. The van der Waals surface area contributed by atoms with Crippen molar-refractivity contribution in [3.8, 4) is 0 Å². The monoisotopic (exact) mass is 343 g/mol. The van der Waals surface area contributed by atoms with Crippen molar-refractivity contribution in [1.82, 2.24) is 4.31 Å². The summed E-state index contributed by atoms with van der Waals surface area (Å²) in [4.78, 5) is 11.6. The van der Waals surface area contributed by atoms with E-state index in [1.165, 1.54) is 49.9 Å². The van der Waals surface area contributed by atoms with E-state index in [2.05, 4.69) is 4.74 Å². The highest BCUT2D eigenvalue weighted by atomic mass is 32.2. The molecule has 0 atom stereocenters. The summed E-state index contributed by atoms with van der Waals surface area (Å²) in [5.74, 6) is -1.08. The number of nitrogens with zero attached hydrogens (tertiary/aromatic N) is 1. The lowest BCUT2D eigenvalue weighted by Crippen LogP contribution is -2.27. The second kappa shape index (κ2) is 6.55. The van der Waals surface area contributed by atoms with Crippen LogP contribution >= 0.6 is 11.3 Å². The molecule has 0 N–H and O–H groups in total. The lowest BCUT2D eigenvalue weighted by molar-refractivity contribution is 0.0602. The maximum absolute atomic E-state index is 12.9. The Morgan fingerprint density at radius 1 is 1.27 bits per heavy atom. The van der Waals surface area contributed by atoms with Crippen molar-refractivity contribution in [1.29, 1.82) is 0 Å². The van der Waals surface area contributed by atoms with Gasteiger partial charge >= 0.3 is 5.97 Å². The van der Waals surface area contributed by atoms with Crippen molar-refractivity contribution in [2.45, 2.75) is 11.4 Å². The minimum Gasteiger partial charge on any atom is -0.465 e. The van der Waals surface area contributed by atoms with E-state index in [1.807, 2.05) is 0 Å². The van der Waals surface area contributed by atoms with Crippen LogP contribution < -0.4 is 0 Å². The third kappa shape index (κ3) is 3.34. The highest BCUT2D eigenvalue weighted by Gasteiger charge is 2.28. The van der Waals surface area contributed by atoms with Crippen molar-refractivity contribution in [2.24, 2.45) is 0 Å². The van der Waals surface area contributed by atoms with Crippen molar-refractivity contribution in [2.75, 3.05) is 14.2 Å². The zero-order valence-corrected chi connectivity index (χ0v) is 13.6. The number of hydrogen-bond donors (Lipinski definition) is 0. The SMILES string of the molecule is COC(=O)c1sccc1S(=O)(=O)N(C)Cc1ccc(F)cc1. The van der Waals surface area contributed by atoms with E-state index in [4.69, 9.17) is 0 Å². The van der Waals surface area contributed by atoms with Gasteiger partial charge in [0.25, 0.3) is 0 Å². The number of rotatable bonds is 5. The third-order valence-corrected chi connectivity index (χ3v) is 5.88. The number of benzene rings is 1. The third-order valence-electron chi connectivity index (χ3n) is 3.01. The summed E-state index contributed by atoms with van der Waals surface area (Å²) in [6, 6.07) is 6.92. The molecule has 1 heterocycles. The summed E-state index contributed by atoms with van der Waals surface area (Å²) in [7, 11) is -1.25. The van der Waals surface area contributed by atoms with Crippen molar-refractivity contribution < 1.29 is 22.3 Å². The van der Waals surface area contributed by atoms with Crippen LogP contribution in [-0.2, 0) is 21.3 Å². The minimum atomic E-state index is -3.84. The second-order valence-corrected chi connectivity index (χ2v) is 7.42. The van der Waals surface area contributed by atoms with Gasteiger partial charge in [-0.15, -0.1) is 11.3 Å². The standard InChI is InChI=1S/C14H14FNO4S2/c1-16(9-10-3-5-11(15)6-4-10)22(18,19)12-7-8-21-13(12)14(17)20-2/h3-8H,9H2,1-2H3. The molecule has 2 rings (SSSR count). The molecule has 118 valence electrons. The van der Waals surface area contributed by atoms with Crippen LogP contribution in [0.1, 0.15) is 15.2 Å². The van der Waals surface area contributed by atoms with Gasteiger partial charge in [-0.3, -0.25) is 0 Å². The molecule has 0 aliphatic heterocycles.